The van der Waals surface area contributed by atoms with Crippen molar-refractivity contribution in [3.05, 3.63) is 0 Å². The third-order valence-electron chi connectivity index (χ3n) is 4.65. The molecule has 10 heteroatoms. The Morgan fingerprint density at radius 1 is 1.11 bits per heavy atom. The summed E-state index contributed by atoms with van der Waals surface area (Å²) in [6, 6.07) is 0. The highest BCUT2D eigenvalue weighted by Gasteiger charge is 2.45. The number of rotatable bonds is 10. The summed E-state index contributed by atoms with van der Waals surface area (Å²) in [7, 11) is 0. The predicted octanol–water partition coefficient (Wildman–Crippen LogP) is 2.75. The lowest BCUT2D eigenvalue weighted by molar-refractivity contribution is -0.0752. The first-order valence-corrected chi connectivity index (χ1v) is 13.0. The maximum absolute atomic E-state index is 12.6. The van der Waals surface area contributed by atoms with Crippen LogP contribution in [0.25, 0.3) is 0 Å². The molecule has 2 heterocycles. The van der Waals surface area contributed by atoms with Crippen LogP contribution in [0.4, 0.5) is 0 Å². The lowest BCUT2D eigenvalue weighted by Gasteiger charge is -2.25. The van der Waals surface area contributed by atoms with Crippen molar-refractivity contribution < 1.29 is 38.0 Å². The maximum Gasteiger partial charge on any atom is 0.387 e. The molecular weight excluding hydrogens is 407 g/mol. The van der Waals surface area contributed by atoms with Crippen molar-refractivity contribution in [3.8, 4) is 0 Å². The van der Waals surface area contributed by atoms with Gasteiger partial charge < -0.3 is 28.9 Å². The molecule has 2 N–H and O–H groups in total. The molecule has 166 valence electrons. The Labute approximate surface area is 171 Å². The Hall–Kier alpha value is 0.300. The fraction of sp³-hybridized carbons (Fsp3) is 1.00. The van der Waals surface area contributed by atoms with Gasteiger partial charge in [0.15, 0.2) is 0 Å². The molecule has 2 unspecified atom stereocenters. The van der Waals surface area contributed by atoms with Crippen molar-refractivity contribution in [2.24, 2.45) is 0 Å². The van der Waals surface area contributed by atoms with Gasteiger partial charge in [0.05, 0.1) is 43.7 Å². The van der Waals surface area contributed by atoms with Gasteiger partial charge in [-0.1, -0.05) is 0 Å². The largest absolute Gasteiger partial charge is 0.388 e. The van der Waals surface area contributed by atoms with Gasteiger partial charge in [-0.3, -0.25) is 4.52 Å². The lowest BCUT2D eigenvalue weighted by Crippen LogP contribution is -2.38. The van der Waals surface area contributed by atoms with Gasteiger partial charge in [0, 0.05) is 5.25 Å². The highest BCUT2D eigenvalue weighted by molar-refractivity contribution is 8.55. The molecule has 0 amide bonds. The second-order valence-corrected chi connectivity index (χ2v) is 12.1. The average Bonchev–Trinajstić information content (AvgIpc) is 3.04. The number of aliphatic hydroxyl groups is 1. The fourth-order valence-electron chi connectivity index (χ4n) is 3.37. The molecule has 0 bridgehead atoms. The van der Waals surface area contributed by atoms with Crippen LogP contribution in [0.2, 0.25) is 0 Å². The Morgan fingerprint density at radius 2 is 1.79 bits per heavy atom. The molecule has 2 rings (SSSR count). The van der Waals surface area contributed by atoms with Crippen molar-refractivity contribution in [3.63, 3.8) is 0 Å². The van der Waals surface area contributed by atoms with E-state index in [1.165, 1.54) is 0 Å². The Kier molecular flexibility index (Phi) is 9.26. The molecular formula is C18H35O8PS. The van der Waals surface area contributed by atoms with Gasteiger partial charge >= 0.3 is 6.80 Å². The Balaban J connectivity index is 1.90. The quantitative estimate of drug-likeness (QED) is 0.494. The minimum absolute atomic E-state index is 0.00348. The number of aliphatic hydroxyl groups excluding tert-OH is 1. The summed E-state index contributed by atoms with van der Waals surface area (Å²) in [6.45, 7) is 7.58. The summed E-state index contributed by atoms with van der Waals surface area (Å²) >= 11 is 0.898. The zero-order chi connectivity index (χ0) is 21.1. The van der Waals surface area contributed by atoms with E-state index in [1.54, 1.807) is 6.92 Å². The van der Waals surface area contributed by atoms with Gasteiger partial charge in [0.25, 0.3) is 0 Å². The van der Waals surface area contributed by atoms with Crippen LogP contribution >= 0.6 is 18.2 Å². The molecule has 8 nitrogen and oxygen atoms in total. The fourth-order valence-corrected chi connectivity index (χ4v) is 6.80. The van der Waals surface area contributed by atoms with Gasteiger partial charge in [0.1, 0.15) is 18.3 Å². The van der Waals surface area contributed by atoms with Crippen molar-refractivity contribution >= 4 is 18.2 Å². The molecule has 0 aromatic carbocycles. The minimum atomic E-state index is -3.94. The van der Waals surface area contributed by atoms with E-state index in [0.29, 0.717) is 13.0 Å². The van der Waals surface area contributed by atoms with E-state index < -0.39 is 31.2 Å². The third kappa shape index (κ3) is 7.22. The van der Waals surface area contributed by atoms with Crippen molar-refractivity contribution in [2.45, 2.75) is 102 Å². The molecule has 2 aliphatic heterocycles. The molecule has 0 spiro atoms. The van der Waals surface area contributed by atoms with Crippen LogP contribution in [0, 0.1) is 0 Å². The van der Waals surface area contributed by atoms with Gasteiger partial charge in [0.2, 0.25) is 0 Å². The molecule has 0 saturated carbocycles. The molecule has 0 aromatic rings. The van der Waals surface area contributed by atoms with Crippen LogP contribution in [0.3, 0.4) is 0 Å². The topological polar surface area (TPSA) is 104 Å². The third-order valence-corrected chi connectivity index (χ3v) is 8.09. The second-order valence-electron chi connectivity index (χ2n) is 8.03. The van der Waals surface area contributed by atoms with E-state index in [-0.39, 0.29) is 36.3 Å². The van der Waals surface area contributed by atoms with Crippen LogP contribution < -0.4 is 0 Å². The number of hydrogen-bond acceptors (Lipinski definition) is 8. The van der Waals surface area contributed by atoms with Crippen LogP contribution in [0.5, 0.6) is 0 Å². The van der Waals surface area contributed by atoms with Crippen molar-refractivity contribution in [1.82, 2.24) is 0 Å². The van der Waals surface area contributed by atoms with Crippen LogP contribution in [0.1, 0.15) is 48.0 Å². The Bertz CT molecular complexity index is 534. The standard InChI is InChI=1S/C18H35O8PS/c1-10(2)22-8-14-16(7-12(5)25-14)28-27(20,21)23-9-15-18(24-11(3)4)17(19)13(6)26-15/h10-19H,7-9H2,1-6H3,(H,20,21)/t12-,13-,14+,15+,16+,17?,18-/m0/s1. The highest BCUT2D eigenvalue weighted by atomic mass is 32.7. The van der Waals surface area contributed by atoms with E-state index >= 15 is 0 Å². The monoisotopic (exact) mass is 442 g/mol. The molecule has 2 aliphatic rings. The summed E-state index contributed by atoms with van der Waals surface area (Å²) in [5.74, 6) is 0. The SMILES string of the molecule is CC(C)OC[C@H]1O[C@@H](C)C[C@H]1SP(=O)(O)OC[C@H]1O[C@@H](C)C(O)[C@H]1OC(C)C. The Morgan fingerprint density at radius 3 is 2.39 bits per heavy atom. The average molecular weight is 443 g/mol. The number of hydrogen-bond donors (Lipinski definition) is 2. The van der Waals surface area contributed by atoms with E-state index in [4.69, 9.17) is 23.5 Å². The molecule has 0 aromatic heterocycles. The van der Waals surface area contributed by atoms with Gasteiger partial charge in [-0.25, -0.2) is 4.57 Å². The first-order chi connectivity index (χ1) is 13.0. The normalized spacial score (nSPS) is 38.4. The summed E-state index contributed by atoms with van der Waals surface area (Å²) in [5.41, 5.74) is 0. The number of ether oxygens (including phenoxy) is 4. The summed E-state index contributed by atoms with van der Waals surface area (Å²) < 4.78 is 40.8. The zero-order valence-electron chi connectivity index (χ0n) is 17.5. The smallest absolute Gasteiger partial charge is 0.387 e. The molecule has 28 heavy (non-hydrogen) atoms. The lowest BCUT2D eigenvalue weighted by atomic mass is 10.1. The zero-order valence-corrected chi connectivity index (χ0v) is 19.2. The van der Waals surface area contributed by atoms with Crippen LogP contribution in [-0.4, -0.2) is 77.3 Å². The van der Waals surface area contributed by atoms with Crippen LogP contribution in [0.15, 0.2) is 0 Å². The minimum Gasteiger partial charge on any atom is -0.388 e. The summed E-state index contributed by atoms with van der Waals surface area (Å²) in [5, 5.41) is 10.0. The summed E-state index contributed by atoms with van der Waals surface area (Å²) in [4.78, 5) is 10.4. The first kappa shape index (κ1) is 24.6. The van der Waals surface area contributed by atoms with Crippen molar-refractivity contribution in [1.29, 1.82) is 0 Å². The molecule has 0 radical (unpaired) electrons. The molecule has 0 aliphatic carbocycles. The van der Waals surface area contributed by atoms with Gasteiger partial charge in [-0.05, 0) is 59.3 Å². The van der Waals surface area contributed by atoms with Gasteiger partial charge in [-0.15, -0.1) is 0 Å². The van der Waals surface area contributed by atoms with E-state index in [9.17, 15) is 14.6 Å². The maximum atomic E-state index is 12.6. The molecule has 8 atom stereocenters. The molecule has 2 saturated heterocycles. The second kappa shape index (κ2) is 10.6. The van der Waals surface area contributed by atoms with E-state index in [2.05, 4.69) is 0 Å². The van der Waals surface area contributed by atoms with E-state index in [0.717, 1.165) is 11.4 Å². The molecule has 2 fully saturated rings. The first-order valence-electron chi connectivity index (χ1n) is 9.90. The van der Waals surface area contributed by atoms with E-state index in [1.807, 2.05) is 34.6 Å². The predicted molar refractivity (Wildman–Crippen MR) is 108 cm³/mol. The van der Waals surface area contributed by atoms with Gasteiger partial charge in [-0.2, -0.15) is 0 Å². The highest BCUT2D eigenvalue weighted by Crippen LogP contribution is 2.60. The summed E-state index contributed by atoms with van der Waals surface area (Å²) in [6.07, 6.45) is -2.08. The van der Waals surface area contributed by atoms with Crippen LogP contribution in [-0.2, 0) is 28.0 Å². The van der Waals surface area contributed by atoms with Crippen molar-refractivity contribution in [2.75, 3.05) is 13.2 Å².